The lowest BCUT2D eigenvalue weighted by Crippen LogP contribution is -2.23. The molecule has 0 radical (unpaired) electrons. The number of alkyl halides is 1. The third-order valence-corrected chi connectivity index (χ3v) is 5.80. The van der Waals surface area contributed by atoms with E-state index >= 15 is 0 Å². The number of anilines is 1. The lowest BCUT2D eigenvalue weighted by atomic mass is 10.2. The van der Waals surface area contributed by atoms with Gasteiger partial charge in [0.1, 0.15) is 0 Å². The van der Waals surface area contributed by atoms with Gasteiger partial charge in [-0.2, -0.15) is 4.98 Å². The van der Waals surface area contributed by atoms with E-state index in [9.17, 15) is 19.1 Å². The Kier molecular flexibility index (Phi) is 4.01. The highest BCUT2D eigenvalue weighted by Crippen LogP contribution is 2.49. The molecule has 120 valence electrons. The second-order valence-electron chi connectivity index (χ2n) is 4.99. The van der Waals surface area contributed by atoms with E-state index in [4.69, 9.17) is 10.5 Å². The third kappa shape index (κ3) is 2.91. The van der Waals surface area contributed by atoms with Gasteiger partial charge in [-0.3, -0.25) is 14.3 Å². The van der Waals surface area contributed by atoms with Crippen LogP contribution in [0.2, 0.25) is 0 Å². The first-order valence-corrected chi connectivity index (χ1v) is 9.24. The second kappa shape index (κ2) is 5.57. The molecule has 0 bridgehead atoms. The number of nitrogens with one attached hydrogen (secondary N) is 1. The molecule has 1 aliphatic heterocycles. The van der Waals surface area contributed by atoms with Gasteiger partial charge in [0.25, 0.3) is 5.56 Å². The third-order valence-electron chi connectivity index (χ3n) is 3.41. The Bertz CT molecular complexity index is 816. The number of imidazole rings is 1. The van der Waals surface area contributed by atoms with Crippen molar-refractivity contribution < 1.29 is 19.1 Å². The quantitative estimate of drug-likeness (QED) is 0.290. The van der Waals surface area contributed by atoms with Crippen molar-refractivity contribution in [2.45, 2.75) is 28.8 Å². The van der Waals surface area contributed by atoms with Crippen LogP contribution in [0.4, 0.5) is 5.95 Å². The van der Waals surface area contributed by atoms with Crippen LogP contribution in [-0.2, 0) is 15.8 Å². The van der Waals surface area contributed by atoms with Gasteiger partial charge >= 0.3 is 7.60 Å². The number of aromatic amines is 1. The van der Waals surface area contributed by atoms with E-state index in [2.05, 4.69) is 37.5 Å². The fraction of sp³-hybridized carbons (Fsp3) is 0.500. The molecule has 0 saturated carbocycles. The number of hydrogen-bond donors (Lipinski definition) is 4. The van der Waals surface area contributed by atoms with Gasteiger partial charge in [-0.1, -0.05) is 22.6 Å². The molecule has 1 fully saturated rings. The summed E-state index contributed by atoms with van der Waals surface area (Å²) >= 11 is 2.10. The Balaban J connectivity index is 1.88. The van der Waals surface area contributed by atoms with Crippen LogP contribution in [0.1, 0.15) is 6.42 Å². The molecule has 5 N–H and O–H groups in total. The van der Waals surface area contributed by atoms with Crippen LogP contribution < -0.4 is 11.3 Å². The van der Waals surface area contributed by atoms with Gasteiger partial charge in [-0.25, -0.2) is 4.98 Å². The van der Waals surface area contributed by atoms with E-state index in [1.54, 1.807) is 4.57 Å². The highest BCUT2D eigenvalue weighted by molar-refractivity contribution is 14.1. The molecule has 2 aromatic heterocycles. The van der Waals surface area contributed by atoms with Crippen molar-refractivity contribution in [1.29, 1.82) is 0 Å². The number of rotatable bonds is 3. The maximum absolute atomic E-state index is 11.7. The van der Waals surface area contributed by atoms with Crippen molar-refractivity contribution >= 4 is 47.3 Å². The smallest absolute Gasteiger partial charge is 0.354 e. The number of nitrogens with two attached hydrogens (primary N) is 1. The van der Waals surface area contributed by atoms with E-state index in [0.29, 0.717) is 5.65 Å². The summed E-state index contributed by atoms with van der Waals surface area (Å²) in [5, 5.41) is 0. The molecule has 0 aromatic carbocycles. The molecular formula is C10H13IN5O5P. The average Bonchev–Trinajstić information content (AvgIpc) is 2.95. The Morgan fingerprint density at radius 2 is 2.32 bits per heavy atom. The zero-order valence-corrected chi connectivity index (χ0v) is 14.1. The Hall–Kier alpha value is -1.01. The normalized spacial score (nSPS) is 25.9. The number of fused-ring (bicyclic) bond motifs is 1. The fourth-order valence-electron chi connectivity index (χ4n) is 2.36. The number of ether oxygens (including phenoxy) is 1. The second-order valence-corrected chi connectivity index (χ2v) is 8.34. The summed E-state index contributed by atoms with van der Waals surface area (Å²) in [4.78, 5) is 40.5. The lowest BCUT2D eigenvalue weighted by Gasteiger charge is -2.16. The molecule has 2 aromatic rings. The van der Waals surface area contributed by atoms with Crippen molar-refractivity contribution in [3.63, 3.8) is 0 Å². The van der Waals surface area contributed by atoms with E-state index in [0.717, 1.165) is 0 Å². The molecule has 0 aliphatic carbocycles. The first kappa shape index (κ1) is 15.9. The minimum Gasteiger partial charge on any atom is -0.369 e. The van der Waals surface area contributed by atoms with Crippen LogP contribution in [0.5, 0.6) is 0 Å². The van der Waals surface area contributed by atoms with E-state index in [1.165, 1.54) is 6.33 Å². The summed E-state index contributed by atoms with van der Waals surface area (Å²) in [6, 6.07) is 0. The molecule has 0 spiro atoms. The average molecular weight is 441 g/mol. The van der Waals surface area contributed by atoms with Crippen LogP contribution >= 0.6 is 30.2 Å². The van der Waals surface area contributed by atoms with Crippen molar-refractivity contribution in [3.8, 4) is 0 Å². The van der Waals surface area contributed by atoms with Gasteiger partial charge in [0.05, 0.1) is 19.0 Å². The zero-order valence-electron chi connectivity index (χ0n) is 11.1. The number of aromatic nitrogens is 4. The molecule has 0 amide bonds. The van der Waals surface area contributed by atoms with Crippen LogP contribution in [0.3, 0.4) is 0 Å². The summed E-state index contributed by atoms with van der Waals surface area (Å²) in [5.74, 6) is -1.12. The molecule has 12 heteroatoms. The molecule has 0 unspecified atom stereocenters. The minimum absolute atomic E-state index is 0.0225. The number of H-pyrrole nitrogens is 1. The number of halogens is 1. The van der Waals surface area contributed by atoms with Crippen molar-refractivity contribution in [2.24, 2.45) is 0 Å². The van der Waals surface area contributed by atoms with Crippen LogP contribution in [-0.4, -0.2) is 45.2 Å². The van der Waals surface area contributed by atoms with E-state index < -0.39 is 25.1 Å². The summed E-state index contributed by atoms with van der Waals surface area (Å²) in [6.07, 6.45) is 1.28. The summed E-state index contributed by atoms with van der Waals surface area (Å²) in [5.41, 5.74) is 5.56. The largest absolute Gasteiger partial charge is 0.369 e. The number of nitrogens with zero attached hydrogens (tertiary/aromatic N) is 3. The minimum atomic E-state index is -4.28. The van der Waals surface area contributed by atoms with Crippen LogP contribution in [0.25, 0.3) is 11.2 Å². The first-order chi connectivity index (χ1) is 10.3. The maximum Gasteiger partial charge on any atom is 0.354 e. The summed E-state index contributed by atoms with van der Waals surface area (Å²) in [6.45, 7) is 0.274. The SMILES string of the molecule is Nc1nc2c(ncn2C[C@H]2O[C@@H](P(=O)(O)O)C[C@H]2I)c(=O)[nH]1. The van der Waals surface area contributed by atoms with Crippen molar-refractivity contribution in [2.75, 3.05) is 5.73 Å². The Morgan fingerprint density at radius 1 is 1.59 bits per heavy atom. The molecule has 1 aliphatic rings. The van der Waals surface area contributed by atoms with Gasteiger partial charge in [-0.15, -0.1) is 0 Å². The molecule has 10 nitrogen and oxygen atoms in total. The topological polar surface area (TPSA) is 156 Å². The molecule has 1 saturated heterocycles. The summed E-state index contributed by atoms with van der Waals surface area (Å²) < 4.78 is 18.3. The molecule has 22 heavy (non-hydrogen) atoms. The lowest BCUT2D eigenvalue weighted by molar-refractivity contribution is 0.0646. The van der Waals surface area contributed by atoms with Gasteiger partial charge in [0.15, 0.2) is 17.0 Å². The monoisotopic (exact) mass is 441 g/mol. The number of nitrogen functional groups attached to an aromatic ring is 1. The Morgan fingerprint density at radius 3 is 2.95 bits per heavy atom. The fourth-order valence-corrected chi connectivity index (χ4v) is 4.44. The van der Waals surface area contributed by atoms with Gasteiger partial charge in [0.2, 0.25) is 5.95 Å². The predicted octanol–water partition coefficient (Wildman–Crippen LogP) is -0.202. The van der Waals surface area contributed by atoms with Crippen molar-refractivity contribution in [1.82, 2.24) is 19.5 Å². The van der Waals surface area contributed by atoms with Crippen LogP contribution in [0.15, 0.2) is 11.1 Å². The molecule has 3 atom stereocenters. The molecule has 3 rings (SSSR count). The van der Waals surface area contributed by atoms with Gasteiger partial charge in [-0.05, 0) is 6.42 Å². The highest BCUT2D eigenvalue weighted by atomic mass is 127. The standard InChI is InChI=1S/C10H13IN5O5P/c11-4-1-6(22(18,19)20)21-5(4)2-16-3-13-7-8(16)14-10(12)15-9(7)17/h3-6H,1-2H2,(H2,18,19,20)(H3,12,14,15,17)/t4-,5-,6+/m1/s1. The van der Waals surface area contributed by atoms with Gasteiger partial charge < -0.3 is 24.8 Å². The Labute approximate surface area is 137 Å². The molecule has 3 heterocycles. The van der Waals surface area contributed by atoms with E-state index in [-0.39, 0.29) is 28.4 Å². The first-order valence-electron chi connectivity index (χ1n) is 6.31. The van der Waals surface area contributed by atoms with E-state index in [1.807, 2.05) is 0 Å². The highest BCUT2D eigenvalue weighted by Gasteiger charge is 2.42. The zero-order chi connectivity index (χ0) is 16.1. The van der Waals surface area contributed by atoms with Gasteiger partial charge in [0, 0.05) is 3.92 Å². The predicted molar refractivity (Wildman–Crippen MR) is 85.7 cm³/mol. The van der Waals surface area contributed by atoms with Crippen LogP contribution in [0, 0.1) is 0 Å². The van der Waals surface area contributed by atoms with Crippen molar-refractivity contribution in [3.05, 3.63) is 16.7 Å². The number of hydrogen-bond acceptors (Lipinski definition) is 6. The maximum atomic E-state index is 11.7. The summed E-state index contributed by atoms with van der Waals surface area (Å²) in [7, 11) is -4.28. The molecular weight excluding hydrogens is 428 g/mol.